The van der Waals surface area contributed by atoms with Crippen molar-refractivity contribution < 1.29 is 53.5 Å². The predicted octanol–water partition coefficient (Wildman–Crippen LogP) is 4.42. The summed E-state index contributed by atoms with van der Waals surface area (Å²) >= 11 is 0. The number of hydrogen-bond acceptors (Lipinski definition) is 3. The number of ether oxygens (including phenoxy) is 1. The fourth-order valence-electron chi connectivity index (χ4n) is 1.51. The molecule has 0 aliphatic rings. The average Bonchev–Trinajstić information content (AvgIpc) is 2.48. The van der Waals surface area contributed by atoms with Crippen LogP contribution in [0.5, 0.6) is 0 Å². The maximum atomic E-state index is 13.1. The van der Waals surface area contributed by atoms with Crippen LogP contribution < -0.4 is 5.32 Å². The molecular formula is C12H18F9NO3Si. The van der Waals surface area contributed by atoms with Crippen LogP contribution in [0, 0.1) is 0 Å². The minimum atomic E-state index is -7.01. The van der Waals surface area contributed by atoms with Gasteiger partial charge in [0.25, 0.3) is 0 Å². The molecule has 0 rings (SSSR count). The van der Waals surface area contributed by atoms with E-state index in [1.807, 2.05) is 18.4 Å². The molecule has 14 heteroatoms. The normalized spacial score (nSPS) is 14.3. The van der Waals surface area contributed by atoms with Crippen LogP contribution in [-0.4, -0.2) is 58.6 Å². The number of alkyl carbamates (subject to hydrolysis) is 1. The molecule has 0 saturated heterocycles. The third-order valence-corrected chi connectivity index (χ3v) is 6.03. The number of halogens is 9. The molecule has 0 unspecified atom stereocenters. The quantitative estimate of drug-likeness (QED) is 0.339. The highest BCUT2D eigenvalue weighted by atomic mass is 28.4. The molecule has 0 fully saturated rings. The van der Waals surface area contributed by atoms with Crippen molar-refractivity contribution in [1.29, 1.82) is 0 Å². The molecule has 0 atom stereocenters. The molecule has 0 bridgehead atoms. The topological polar surface area (TPSA) is 47.6 Å². The van der Waals surface area contributed by atoms with Crippen LogP contribution in [0.3, 0.4) is 0 Å². The third-order valence-electron chi connectivity index (χ3n) is 3.37. The van der Waals surface area contributed by atoms with Crippen molar-refractivity contribution in [2.45, 2.75) is 49.5 Å². The second-order valence-corrected chi connectivity index (χ2v) is 10.3. The minimum Gasteiger partial charge on any atom is -0.443 e. The Morgan fingerprint density at radius 1 is 0.962 bits per heavy atom. The molecule has 0 radical (unpaired) electrons. The Morgan fingerprint density at radius 3 is 1.88 bits per heavy atom. The second-order valence-electron chi connectivity index (χ2n) is 5.92. The number of nitrogens with one attached hydrogen (secondary N) is 1. The summed E-state index contributed by atoms with van der Waals surface area (Å²) in [5, 5.41) is 1.89. The first-order valence-electron chi connectivity index (χ1n) is 7.07. The second kappa shape index (κ2) is 8.23. The number of carbonyl (C=O) groups excluding carboxylic acids is 1. The first kappa shape index (κ1) is 24.8. The molecule has 156 valence electrons. The molecule has 0 spiro atoms. The largest absolute Gasteiger partial charge is 0.460 e. The summed E-state index contributed by atoms with van der Waals surface area (Å²) in [5.41, 5.74) is 0. The Labute approximate surface area is 144 Å². The third kappa shape index (κ3) is 5.92. The summed E-state index contributed by atoms with van der Waals surface area (Å²) < 4.78 is 122. The van der Waals surface area contributed by atoms with Gasteiger partial charge in [0.1, 0.15) is 0 Å². The number of amides is 1. The molecule has 26 heavy (non-hydrogen) atoms. The molecular weight excluding hydrogens is 405 g/mol. The Morgan fingerprint density at radius 2 is 1.46 bits per heavy atom. The molecule has 0 aromatic rings. The van der Waals surface area contributed by atoms with Gasteiger partial charge in [-0.25, -0.2) is 4.79 Å². The highest BCUT2D eigenvalue weighted by molar-refractivity contribution is 6.71. The highest BCUT2D eigenvalue weighted by Gasteiger charge is 2.82. The Hall–Kier alpha value is -1.18. The monoisotopic (exact) mass is 423 g/mol. The van der Waals surface area contributed by atoms with Crippen molar-refractivity contribution in [2.75, 3.05) is 20.3 Å². The van der Waals surface area contributed by atoms with Crippen LogP contribution >= 0.6 is 0 Å². The molecule has 0 aromatic carbocycles. The van der Waals surface area contributed by atoms with Crippen LogP contribution in [0.1, 0.15) is 6.42 Å². The molecule has 0 aromatic heterocycles. The molecule has 0 heterocycles. The van der Waals surface area contributed by atoms with Crippen molar-refractivity contribution in [2.24, 2.45) is 0 Å². The van der Waals surface area contributed by atoms with E-state index < -0.39 is 45.0 Å². The lowest BCUT2D eigenvalue weighted by molar-refractivity contribution is -0.398. The van der Waals surface area contributed by atoms with Gasteiger partial charge in [0.05, 0.1) is 0 Å². The Kier molecular flexibility index (Phi) is 7.85. The smallest absolute Gasteiger partial charge is 0.443 e. The molecule has 1 N–H and O–H groups in total. The summed E-state index contributed by atoms with van der Waals surface area (Å²) in [6.45, 7) is 0.901. The van der Waals surface area contributed by atoms with Crippen LogP contribution in [0.2, 0.25) is 19.1 Å². The summed E-state index contributed by atoms with van der Waals surface area (Å²) in [4.78, 5) is 11.1. The molecule has 4 nitrogen and oxygen atoms in total. The van der Waals surface area contributed by atoms with E-state index in [1.165, 1.54) is 7.11 Å². The van der Waals surface area contributed by atoms with E-state index >= 15 is 0 Å². The van der Waals surface area contributed by atoms with E-state index in [2.05, 4.69) is 4.74 Å². The van der Waals surface area contributed by atoms with Crippen LogP contribution in [0.15, 0.2) is 0 Å². The summed E-state index contributed by atoms with van der Waals surface area (Å²) in [6, 6.07) is 0.538. The van der Waals surface area contributed by atoms with E-state index in [9.17, 15) is 44.3 Å². The van der Waals surface area contributed by atoms with Crippen molar-refractivity contribution in [1.82, 2.24) is 5.32 Å². The fourth-order valence-corrected chi connectivity index (χ4v) is 2.74. The van der Waals surface area contributed by atoms with Crippen molar-refractivity contribution in [3.63, 3.8) is 0 Å². The lowest BCUT2D eigenvalue weighted by Gasteiger charge is -2.33. The number of carbonyl (C=O) groups is 1. The van der Waals surface area contributed by atoms with Gasteiger partial charge in [-0.3, -0.25) is 0 Å². The summed E-state index contributed by atoms with van der Waals surface area (Å²) in [7, 11) is -0.484. The van der Waals surface area contributed by atoms with Crippen molar-refractivity contribution in [3.05, 3.63) is 0 Å². The first-order valence-corrected chi connectivity index (χ1v) is 10.2. The minimum absolute atomic E-state index is 0.126. The highest BCUT2D eigenvalue weighted by Crippen LogP contribution is 2.53. The number of rotatable bonds is 9. The molecule has 0 aliphatic heterocycles. The van der Waals surface area contributed by atoms with Crippen molar-refractivity contribution >= 4 is 14.4 Å². The van der Waals surface area contributed by atoms with Crippen LogP contribution in [0.4, 0.5) is 44.3 Å². The van der Waals surface area contributed by atoms with Gasteiger partial charge in [-0.2, -0.15) is 39.5 Å². The lowest BCUT2D eigenvalue weighted by Crippen LogP contribution is -2.62. The van der Waals surface area contributed by atoms with Gasteiger partial charge in [0.2, 0.25) is 0 Å². The van der Waals surface area contributed by atoms with Crippen LogP contribution in [0.25, 0.3) is 0 Å². The Balaban J connectivity index is 4.66. The van der Waals surface area contributed by atoms with E-state index in [4.69, 9.17) is 4.43 Å². The van der Waals surface area contributed by atoms with Gasteiger partial charge < -0.3 is 14.5 Å². The van der Waals surface area contributed by atoms with Gasteiger partial charge in [-0.1, -0.05) is 0 Å². The Bertz CT molecular complexity index is 483. The first-order chi connectivity index (χ1) is 11.4. The van der Waals surface area contributed by atoms with Gasteiger partial charge in [0.15, 0.2) is 14.9 Å². The molecule has 1 amide bonds. The zero-order chi connectivity index (χ0) is 21.0. The van der Waals surface area contributed by atoms with E-state index in [1.54, 1.807) is 0 Å². The van der Waals surface area contributed by atoms with Gasteiger partial charge in [0, 0.05) is 13.7 Å². The fraction of sp³-hybridized carbons (Fsp3) is 0.917. The standard InChI is InChI=1S/C12H18F9NO3Si/c1-24-26(2,3)6-4-5-22-8(23)25-7-9(13,14)10(15,16)11(17,18)12(19,20)21/h4-7H2,1-3H3,(H,22,23). The summed E-state index contributed by atoms with van der Waals surface area (Å²) in [5.74, 6) is -19.8. The SMILES string of the molecule is CO[Si](C)(C)CCCNC(=O)OCC(F)(F)C(F)(F)C(F)(F)C(F)(F)F. The van der Waals surface area contributed by atoms with E-state index in [-0.39, 0.29) is 6.54 Å². The predicted molar refractivity (Wildman–Crippen MR) is 74.2 cm³/mol. The number of hydrogen-bond donors (Lipinski definition) is 1. The van der Waals surface area contributed by atoms with Gasteiger partial charge >= 0.3 is 30.0 Å². The van der Waals surface area contributed by atoms with E-state index in [0.717, 1.165) is 0 Å². The zero-order valence-electron chi connectivity index (χ0n) is 14.0. The molecule has 0 aliphatic carbocycles. The zero-order valence-corrected chi connectivity index (χ0v) is 15.0. The van der Waals surface area contributed by atoms with Gasteiger partial charge in [-0.05, 0) is 25.6 Å². The number of alkyl halides is 9. The lowest BCUT2D eigenvalue weighted by atomic mass is 10.0. The van der Waals surface area contributed by atoms with Crippen LogP contribution in [-0.2, 0) is 9.16 Å². The maximum Gasteiger partial charge on any atom is 0.460 e. The van der Waals surface area contributed by atoms with Crippen molar-refractivity contribution in [3.8, 4) is 0 Å². The summed E-state index contributed by atoms with van der Waals surface area (Å²) in [6.07, 6.45) is -8.26. The average molecular weight is 423 g/mol. The molecule has 0 saturated carbocycles. The van der Waals surface area contributed by atoms with Gasteiger partial charge in [-0.15, -0.1) is 0 Å². The van der Waals surface area contributed by atoms with E-state index in [0.29, 0.717) is 12.5 Å². The maximum absolute atomic E-state index is 13.1.